The van der Waals surface area contributed by atoms with Crippen molar-refractivity contribution in [3.63, 3.8) is 0 Å². The summed E-state index contributed by atoms with van der Waals surface area (Å²) in [5.74, 6) is 0.412. The molecular formula is C9H16Cl2N2. The van der Waals surface area contributed by atoms with Gasteiger partial charge in [0.15, 0.2) is 0 Å². The fourth-order valence-corrected chi connectivity index (χ4v) is 1.05. The topological polar surface area (TPSA) is 38.9 Å². The highest BCUT2D eigenvalue weighted by atomic mass is 35.5. The Balaban J connectivity index is 0. The summed E-state index contributed by atoms with van der Waals surface area (Å²) in [6.07, 6.45) is 1.81. The maximum atomic E-state index is 5.82. The number of halogens is 2. The molecule has 0 saturated carbocycles. The van der Waals surface area contributed by atoms with Gasteiger partial charge in [-0.15, -0.1) is 24.8 Å². The average Bonchev–Trinajstić information content (AvgIpc) is 1.94. The van der Waals surface area contributed by atoms with Crippen molar-refractivity contribution in [2.24, 2.45) is 0 Å². The molecule has 0 aliphatic heterocycles. The maximum Gasteiger partial charge on any atom is 0.0660 e. The first-order valence-corrected chi connectivity index (χ1v) is 3.84. The van der Waals surface area contributed by atoms with Crippen LogP contribution in [0, 0.1) is 6.92 Å². The minimum absolute atomic E-state index is 0. The number of hydrogen-bond acceptors (Lipinski definition) is 2. The lowest BCUT2D eigenvalue weighted by Gasteiger charge is -2.09. The van der Waals surface area contributed by atoms with Crippen molar-refractivity contribution in [3.8, 4) is 0 Å². The van der Waals surface area contributed by atoms with E-state index in [0.29, 0.717) is 5.92 Å². The molecule has 0 spiro atoms. The largest absolute Gasteiger partial charge is 0.397 e. The van der Waals surface area contributed by atoms with Crippen LogP contribution in [-0.2, 0) is 0 Å². The molecule has 0 amide bonds. The summed E-state index contributed by atoms with van der Waals surface area (Å²) in [6.45, 7) is 6.19. The zero-order valence-electron chi connectivity index (χ0n) is 8.07. The molecule has 0 bridgehead atoms. The summed E-state index contributed by atoms with van der Waals surface area (Å²) >= 11 is 0. The van der Waals surface area contributed by atoms with Crippen LogP contribution in [0.25, 0.3) is 0 Å². The fraction of sp³-hybridized carbons (Fsp3) is 0.444. The third kappa shape index (κ3) is 3.41. The molecule has 0 unspecified atom stereocenters. The Bertz CT molecular complexity index is 262. The molecule has 0 atom stereocenters. The molecule has 13 heavy (non-hydrogen) atoms. The van der Waals surface area contributed by atoms with Crippen molar-refractivity contribution in [2.75, 3.05) is 5.73 Å². The molecule has 0 saturated heterocycles. The molecule has 2 nitrogen and oxygen atoms in total. The molecule has 76 valence electrons. The lowest BCUT2D eigenvalue weighted by molar-refractivity contribution is 0.825. The second-order valence-corrected chi connectivity index (χ2v) is 3.08. The molecule has 1 heterocycles. The van der Waals surface area contributed by atoms with Crippen LogP contribution < -0.4 is 5.73 Å². The van der Waals surface area contributed by atoms with Crippen molar-refractivity contribution in [1.82, 2.24) is 4.98 Å². The Labute approximate surface area is 91.8 Å². The van der Waals surface area contributed by atoms with Crippen LogP contribution in [0.3, 0.4) is 0 Å². The second kappa shape index (κ2) is 6.06. The minimum atomic E-state index is 0. The summed E-state index contributed by atoms with van der Waals surface area (Å²) in [4.78, 5) is 4.21. The van der Waals surface area contributed by atoms with E-state index in [4.69, 9.17) is 5.73 Å². The summed E-state index contributed by atoms with van der Waals surface area (Å²) in [5, 5.41) is 0. The first kappa shape index (κ1) is 15.0. The monoisotopic (exact) mass is 222 g/mol. The molecule has 1 rings (SSSR count). The molecule has 0 aromatic carbocycles. The Kier molecular flexibility index (Phi) is 7.00. The van der Waals surface area contributed by atoms with Gasteiger partial charge in [0, 0.05) is 6.20 Å². The van der Waals surface area contributed by atoms with Gasteiger partial charge in [0.05, 0.1) is 11.4 Å². The van der Waals surface area contributed by atoms with Crippen molar-refractivity contribution in [1.29, 1.82) is 0 Å². The molecule has 0 radical (unpaired) electrons. The minimum Gasteiger partial charge on any atom is -0.397 e. The average molecular weight is 223 g/mol. The van der Waals surface area contributed by atoms with Crippen LogP contribution in [0.5, 0.6) is 0 Å². The van der Waals surface area contributed by atoms with Gasteiger partial charge >= 0.3 is 0 Å². The zero-order chi connectivity index (χ0) is 8.43. The number of hydrogen-bond donors (Lipinski definition) is 1. The number of aryl methyl sites for hydroxylation is 1. The van der Waals surface area contributed by atoms with Gasteiger partial charge < -0.3 is 5.73 Å². The molecule has 0 aliphatic carbocycles. The summed E-state index contributed by atoms with van der Waals surface area (Å²) in [7, 11) is 0. The molecule has 4 heteroatoms. The van der Waals surface area contributed by atoms with Gasteiger partial charge in [0.2, 0.25) is 0 Å². The van der Waals surface area contributed by atoms with E-state index in [-0.39, 0.29) is 24.8 Å². The van der Waals surface area contributed by atoms with Crippen LogP contribution in [0.4, 0.5) is 5.69 Å². The predicted octanol–water partition coefficient (Wildman–Crippen LogP) is 2.94. The first-order valence-electron chi connectivity index (χ1n) is 3.84. The normalized spacial score (nSPS) is 8.92. The highest BCUT2D eigenvalue weighted by Gasteiger charge is 2.05. The van der Waals surface area contributed by atoms with E-state index in [1.165, 1.54) is 0 Å². The van der Waals surface area contributed by atoms with Crippen molar-refractivity contribution in [3.05, 3.63) is 23.5 Å². The lowest BCUT2D eigenvalue weighted by atomic mass is 10.1. The number of nitrogens with two attached hydrogens (primary N) is 1. The van der Waals surface area contributed by atoms with Crippen molar-refractivity contribution >= 4 is 30.5 Å². The lowest BCUT2D eigenvalue weighted by Crippen LogP contribution is -2.01. The van der Waals surface area contributed by atoms with E-state index < -0.39 is 0 Å². The van der Waals surface area contributed by atoms with E-state index >= 15 is 0 Å². The first-order chi connectivity index (χ1) is 5.13. The fourth-order valence-electron chi connectivity index (χ4n) is 1.05. The van der Waals surface area contributed by atoms with Crippen LogP contribution in [0.1, 0.15) is 31.0 Å². The Morgan fingerprint density at radius 3 is 2.23 bits per heavy atom. The standard InChI is InChI=1S/C9H14N2.2ClH/c1-6(2)9-8(10)7(3)4-5-11-9;;/h4-6H,10H2,1-3H3;2*1H. The van der Waals surface area contributed by atoms with Gasteiger partial charge in [-0.2, -0.15) is 0 Å². The Morgan fingerprint density at radius 2 is 1.85 bits per heavy atom. The number of nitrogens with zero attached hydrogens (tertiary/aromatic N) is 1. The summed E-state index contributed by atoms with van der Waals surface area (Å²) in [6, 6.07) is 1.93. The number of rotatable bonds is 1. The number of pyridine rings is 1. The molecule has 1 aromatic rings. The van der Waals surface area contributed by atoms with Crippen molar-refractivity contribution in [2.45, 2.75) is 26.7 Å². The summed E-state index contributed by atoms with van der Waals surface area (Å²) in [5.41, 5.74) is 8.78. The number of aromatic nitrogens is 1. The van der Waals surface area contributed by atoms with E-state index in [0.717, 1.165) is 16.9 Å². The molecule has 2 N–H and O–H groups in total. The number of nitrogen functional groups attached to an aromatic ring is 1. The molecule has 1 aromatic heterocycles. The highest BCUT2D eigenvalue weighted by Crippen LogP contribution is 2.21. The van der Waals surface area contributed by atoms with Gasteiger partial charge in [-0.25, -0.2) is 0 Å². The molecule has 0 aliphatic rings. The van der Waals surface area contributed by atoms with E-state index in [1.54, 1.807) is 6.20 Å². The van der Waals surface area contributed by atoms with Crippen LogP contribution in [0.15, 0.2) is 12.3 Å². The van der Waals surface area contributed by atoms with E-state index in [1.807, 2.05) is 13.0 Å². The quantitative estimate of drug-likeness (QED) is 0.794. The van der Waals surface area contributed by atoms with Gasteiger partial charge in [-0.1, -0.05) is 13.8 Å². The number of anilines is 1. The van der Waals surface area contributed by atoms with Gasteiger partial charge in [0.1, 0.15) is 0 Å². The Morgan fingerprint density at radius 1 is 1.31 bits per heavy atom. The maximum absolute atomic E-state index is 5.82. The predicted molar refractivity (Wildman–Crippen MR) is 62.0 cm³/mol. The van der Waals surface area contributed by atoms with Gasteiger partial charge in [-0.3, -0.25) is 4.98 Å². The third-order valence-electron chi connectivity index (χ3n) is 1.79. The van der Waals surface area contributed by atoms with Crippen molar-refractivity contribution < 1.29 is 0 Å². The highest BCUT2D eigenvalue weighted by molar-refractivity contribution is 5.85. The SMILES string of the molecule is Cc1ccnc(C(C)C)c1N.Cl.Cl. The van der Waals surface area contributed by atoms with E-state index in [9.17, 15) is 0 Å². The van der Waals surface area contributed by atoms with E-state index in [2.05, 4.69) is 18.8 Å². The third-order valence-corrected chi connectivity index (χ3v) is 1.79. The summed E-state index contributed by atoms with van der Waals surface area (Å²) < 4.78 is 0. The molecule has 0 fully saturated rings. The van der Waals surface area contributed by atoms with Crippen LogP contribution >= 0.6 is 24.8 Å². The van der Waals surface area contributed by atoms with Crippen LogP contribution in [0.2, 0.25) is 0 Å². The Hall–Kier alpha value is -0.470. The van der Waals surface area contributed by atoms with Gasteiger partial charge in [0.25, 0.3) is 0 Å². The zero-order valence-corrected chi connectivity index (χ0v) is 9.71. The molecular weight excluding hydrogens is 207 g/mol. The van der Waals surface area contributed by atoms with Gasteiger partial charge in [-0.05, 0) is 24.5 Å². The van der Waals surface area contributed by atoms with Crippen LogP contribution in [-0.4, -0.2) is 4.98 Å². The smallest absolute Gasteiger partial charge is 0.0660 e. The second-order valence-electron chi connectivity index (χ2n) is 3.08.